The van der Waals surface area contributed by atoms with Gasteiger partial charge in [-0.05, 0) is 73.7 Å². The third-order valence-corrected chi connectivity index (χ3v) is 6.44. The van der Waals surface area contributed by atoms with Gasteiger partial charge in [0.05, 0.1) is 6.54 Å². The van der Waals surface area contributed by atoms with Gasteiger partial charge in [-0.2, -0.15) is 4.98 Å². The summed E-state index contributed by atoms with van der Waals surface area (Å²) >= 11 is 1.78. The minimum absolute atomic E-state index is 0.121. The van der Waals surface area contributed by atoms with E-state index in [-0.39, 0.29) is 23.3 Å². The second-order valence-corrected chi connectivity index (χ2v) is 9.18. The van der Waals surface area contributed by atoms with Crippen molar-refractivity contribution < 1.29 is 22.4 Å². The van der Waals surface area contributed by atoms with Crippen LogP contribution in [0.1, 0.15) is 24.2 Å². The molecule has 0 unspecified atom stereocenters. The Morgan fingerprint density at radius 2 is 1.80 bits per heavy atom. The van der Waals surface area contributed by atoms with Crippen LogP contribution in [-0.2, 0) is 6.54 Å². The second kappa shape index (κ2) is 9.70. The van der Waals surface area contributed by atoms with Crippen molar-refractivity contribution in [1.29, 1.82) is 0 Å². The van der Waals surface area contributed by atoms with Gasteiger partial charge in [-0.15, -0.1) is 18.3 Å². The molecule has 8 nitrogen and oxygen atoms in total. The topological polar surface area (TPSA) is 82.1 Å². The zero-order chi connectivity index (χ0) is 24.4. The van der Waals surface area contributed by atoms with Crippen LogP contribution < -0.4 is 4.74 Å². The molecule has 0 saturated carbocycles. The van der Waals surface area contributed by atoms with Gasteiger partial charge in [0.2, 0.25) is 11.6 Å². The molecule has 1 aliphatic heterocycles. The molecule has 2 aromatic carbocycles. The van der Waals surface area contributed by atoms with Gasteiger partial charge in [-0.3, -0.25) is 0 Å². The number of halogens is 3. The number of ether oxygens (including phenoxy) is 1. The number of benzene rings is 2. The van der Waals surface area contributed by atoms with Crippen molar-refractivity contribution in [2.75, 3.05) is 13.1 Å². The molecule has 0 aliphatic carbocycles. The highest BCUT2D eigenvalue weighted by Gasteiger charge is 2.31. The van der Waals surface area contributed by atoms with E-state index in [2.05, 4.69) is 41.4 Å². The normalized spacial score (nSPS) is 14.5. The molecular formula is C23H21F3N6O2S. The van der Waals surface area contributed by atoms with Gasteiger partial charge in [0.15, 0.2) is 0 Å². The van der Waals surface area contributed by atoms with E-state index in [1.165, 1.54) is 42.0 Å². The molecule has 182 valence electrons. The van der Waals surface area contributed by atoms with E-state index in [0.717, 1.165) is 18.7 Å². The molecule has 0 atom stereocenters. The van der Waals surface area contributed by atoms with Gasteiger partial charge in [0.25, 0.3) is 5.89 Å². The highest BCUT2D eigenvalue weighted by molar-refractivity contribution is 7.97. The molecule has 0 bridgehead atoms. The molecule has 0 N–H and O–H groups in total. The first-order valence-corrected chi connectivity index (χ1v) is 11.7. The van der Waals surface area contributed by atoms with Crippen LogP contribution >= 0.6 is 11.9 Å². The Kier molecular flexibility index (Phi) is 6.48. The van der Waals surface area contributed by atoms with E-state index in [9.17, 15) is 13.2 Å². The van der Waals surface area contributed by atoms with E-state index in [0.29, 0.717) is 17.9 Å². The van der Waals surface area contributed by atoms with Crippen LogP contribution in [0.5, 0.6) is 5.75 Å². The Morgan fingerprint density at radius 1 is 1.03 bits per heavy atom. The van der Waals surface area contributed by atoms with E-state index in [1.54, 1.807) is 16.6 Å². The first-order chi connectivity index (χ1) is 16.8. The molecule has 2 aromatic heterocycles. The van der Waals surface area contributed by atoms with Crippen molar-refractivity contribution in [1.82, 2.24) is 29.2 Å². The van der Waals surface area contributed by atoms with E-state index in [4.69, 9.17) is 4.52 Å². The highest BCUT2D eigenvalue weighted by atomic mass is 32.2. The first kappa shape index (κ1) is 23.4. The third kappa shape index (κ3) is 5.82. The monoisotopic (exact) mass is 502 g/mol. The molecule has 12 heteroatoms. The molecule has 1 saturated heterocycles. The number of hydrogen-bond acceptors (Lipinski definition) is 8. The summed E-state index contributed by atoms with van der Waals surface area (Å²) in [7, 11) is 0. The van der Waals surface area contributed by atoms with Gasteiger partial charge in [0, 0.05) is 23.5 Å². The summed E-state index contributed by atoms with van der Waals surface area (Å²) in [5, 5.41) is 8.42. The number of nitrogens with zero attached hydrogens (tertiary/aromatic N) is 6. The van der Waals surface area contributed by atoms with Crippen molar-refractivity contribution in [2.45, 2.75) is 37.6 Å². The summed E-state index contributed by atoms with van der Waals surface area (Å²) in [4.78, 5) is 9.93. The lowest BCUT2D eigenvalue weighted by Gasteiger charge is -2.13. The Balaban J connectivity index is 1.29. The van der Waals surface area contributed by atoms with Gasteiger partial charge >= 0.3 is 6.36 Å². The number of aryl methyl sites for hydroxylation is 1. The fourth-order valence-electron chi connectivity index (χ4n) is 3.70. The molecule has 35 heavy (non-hydrogen) atoms. The molecule has 4 aromatic rings. The molecule has 5 rings (SSSR count). The lowest BCUT2D eigenvalue weighted by Crippen LogP contribution is -2.16. The SMILES string of the molecule is Cc1nc(-c2nc(-c3ccc(OC(F)(F)F)cc3)no2)nn1Cc1cccc(SN2CCCC2)c1. The quantitative estimate of drug-likeness (QED) is 0.313. The van der Waals surface area contributed by atoms with Crippen molar-refractivity contribution >= 4 is 11.9 Å². The minimum atomic E-state index is -4.75. The standard InChI is InChI=1S/C23H21F3N6O2S/c1-15-27-21(22-28-20(30-34-22)17-7-9-18(10-8-17)33-23(24,25)26)29-32(15)14-16-5-4-6-19(13-16)35-31-11-2-3-12-31/h4-10,13H,2-3,11-12,14H2,1H3. The van der Waals surface area contributed by atoms with Crippen molar-refractivity contribution in [3.63, 3.8) is 0 Å². The molecule has 0 radical (unpaired) electrons. The maximum absolute atomic E-state index is 12.3. The number of rotatable bonds is 7. The van der Waals surface area contributed by atoms with Gasteiger partial charge in [-0.1, -0.05) is 17.3 Å². The van der Waals surface area contributed by atoms with Crippen molar-refractivity contribution in [2.24, 2.45) is 0 Å². The first-order valence-electron chi connectivity index (χ1n) is 11.0. The average Bonchev–Trinajstić information content (AvgIpc) is 3.56. The van der Waals surface area contributed by atoms with Gasteiger partial charge in [-0.25, -0.2) is 14.0 Å². The Labute approximate surface area is 203 Å². The highest BCUT2D eigenvalue weighted by Crippen LogP contribution is 2.28. The van der Waals surface area contributed by atoms with Gasteiger partial charge < -0.3 is 9.26 Å². The molecular weight excluding hydrogens is 481 g/mol. The molecule has 0 spiro atoms. The van der Waals surface area contributed by atoms with E-state index >= 15 is 0 Å². The summed E-state index contributed by atoms with van der Waals surface area (Å²) in [6, 6.07) is 13.6. The lowest BCUT2D eigenvalue weighted by molar-refractivity contribution is -0.274. The summed E-state index contributed by atoms with van der Waals surface area (Å²) in [6.45, 7) is 4.60. The summed E-state index contributed by atoms with van der Waals surface area (Å²) in [6.07, 6.45) is -2.28. The van der Waals surface area contributed by atoms with Crippen LogP contribution in [0.4, 0.5) is 13.2 Å². The predicted molar refractivity (Wildman–Crippen MR) is 122 cm³/mol. The maximum Gasteiger partial charge on any atom is 0.573 e. The van der Waals surface area contributed by atoms with Crippen LogP contribution in [-0.4, -0.2) is 48.7 Å². The van der Waals surface area contributed by atoms with E-state index < -0.39 is 6.36 Å². The summed E-state index contributed by atoms with van der Waals surface area (Å²) < 4.78 is 50.4. The Bertz CT molecular complexity index is 1300. The average molecular weight is 503 g/mol. The maximum atomic E-state index is 12.3. The number of alkyl halides is 3. The third-order valence-electron chi connectivity index (χ3n) is 5.35. The fraction of sp³-hybridized carbons (Fsp3) is 0.304. The van der Waals surface area contributed by atoms with E-state index in [1.807, 2.05) is 19.1 Å². The Hall–Kier alpha value is -3.38. The zero-order valence-electron chi connectivity index (χ0n) is 18.7. The predicted octanol–water partition coefficient (Wildman–Crippen LogP) is 5.35. The number of aromatic nitrogens is 5. The van der Waals surface area contributed by atoms with Crippen molar-refractivity contribution in [3.8, 4) is 28.9 Å². The smallest absolute Gasteiger partial charge is 0.406 e. The van der Waals surface area contributed by atoms with Crippen molar-refractivity contribution in [3.05, 3.63) is 59.9 Å². The molecule has 1 aliphatic rings. The van der Waals surface area contributed by atoms with Crippen LogP contribution in [0, 0.1) is 6.92 Å². The Morgan fingerprint density at radius 3 is 2.54 bits per heavy atom. The summed E-state index contributed by atoms with van der Waals surface area (Å²) in [5.41, 5.74) is 1.57. The van der Waals surface area contributed by atoms with Crippen LogP contribution in [0.2, 0.25) is 0 Å². The van der Waals surface area contributed by atoms with Crippen LogP contribution in [0.15, 0.2) is 57.9 Å². The number of hydrogen-bond donors (Lipinski definition) is 0. The van der Waals surface area contributed by atoms with Crippen LogP contribution in [0.3, 0.4) is 0 Å². The molecule has 3 heterocycles. The lowest BCUT2D eigenvalue weighted by atomic mass is 10.2. The second-order valence-electron chi connectivity index (χ2n) is 8.01. The molecule has 1 fully saturated rings. The van der Waals surface area contributed by atoms with Crippen LogP contribution in [0.25, 0.3) is 23.1 Å². The zero-order valence-corrected chi connectivity index (χ0v) is 19.5. The molecule has 0 amide bonds. The largest absolute Gasteiger partial charge is 0.573 e. The fourth-order valence-corrected chi connectivity index (χ4v) is 4.78. The summed E-state index contributed by atoms with van der Waals surface area (Å²) in [5.74, 6) is 0.964. The van der Waals surface area contributed by atoms with Gasteiger partial charge in [0.1, 0.15) is 11.6 Å². The minimum Gasteiger partial charge on any atom is -0.406 e.